The van der Waals surface area contributed by atoms with Crippen molar-refractivity contribution in [3.8, 4) is 0 Å². The summed E-state index contributed by atoms with van der Waals surface area (Å²) < 4.78 is 211. The number of hydrogen-bond acceptors (Lipinski definition) is 2. The molecule has 18 heteroatoms. The molecule has 1 aromatic carbocycles. The van der Waals surface area contributed by atoms with Gasteiger partial charge in [-0.1, -0.05) is 24.3 Å². The quantitative estimate of drug-likeness (QED) is 0.287. The number of carbonyl (C=O) groups excluding carboxylic acids is 1. The lowest BCUT2D eigenvalue weighted by molar-refractivity contribution is -0.443. The largest absolute Gasteiger partial charge is 0.460 e. The third-order valence-corrected chi connectivity index (χ3v) is 4.71. The molecule has 1 unspecified atom stereocenters. The van der Waals surface area contributed by atoms with Gasteiger partial charge >= 0.3 is 42.0 Å². The van der Waals surface area contributed by atoms with Crippen LogP contribution in [0, 0.1) is 0 Å². The third-order valence-electron chi connectivity index (χ3n) is 4.71. The molecule has 0 radical (unpaired) electrons. The molecular weight excluding hydrogens is 540 g/mol. The number of ketones is 1. The minimum Gasteiger partial charge on any atom is -0.376 e. The first-order chi connectivity index (χ1) is 15.1. The summed E-state index contributed by atoms with van der Waals surface area (Å²) in [6.07, 6.45) is -18.1. The maximum atomic E-state index is 14.0. The van der Waals surface area contributed by atoms with Crippen molar-refractivity contribution < 1.29 is 80.1 Å². The SMILES string of the molecule is CC(=O)c1ccc(C(O)(CC(F)(F)C(F)(F)C(F)(F)C(F)(F)C(F)(F)C(F)(F)F)C(F)(F)F)cc1. The van der Waals surface area contributed by atoms with Crippen molar-refractivity contribution >= 4 is 5.78 Å². The van der Waals surface area contributed by atoms with Crippen molar-refractivity contribution in [2.45, 2.75) is 60.9 Å². The fraction of sp³-hybridized carbons (Fsp3) is 0.588. The van der Waals surface area contributed by atoms with Gasteiger partial charge in [-0.2, -0.15) is 70.2 Å². The van der Waals surface area contributed by atoms with E-state index in [4.69, 9.17) is 0 Å². The smallest absolute Gasteiger partial charge is 0.376 e. The third kappa shape index (κ3) is 4.64. The van der Waals surface area contributed by atoms with Gasteiger partial charge in [0.25, 0.3) is 0 Å². The summed E-state index contributed by atoms with van der Waals surface area (Å²) >= 11 is 0. The molecule has 0 aliphatic heterocycles. The zero-order valence-electron chi connectivity index (χ0n) is 16.4. The fourth-order valence-corrected chi connectivity index (χ4v) is 2.58. The molecule has 1 atom stereocenters. The standard InChI is InChI=1S/C17H10F16O2/c1-7(34)8-2-4-9(5-3-8)10(35,16(28,29)30)6-11(18,19)12(20,21)13(22,23)14(24,25)15(26,27)17(31,32)33/h2-5,35H,6H2,1H3. The summed E-state index contributed by atoms with van der Waals surface area (Å²) in [5.41, 5.74) is -7.52. The number of rotatable bonds is 8. The molecule has 0 aliphatic rings. The van der Waals surface area contributed by atoms with Gasteiger partial charge in [-0.15, -0.1) is 0 Å². The van der Waals surface area contributed by atoms with Gasteiger partial charge in [-0.05, 0) is 12.5 Å². The van der Waals surface area contributed by atoms with Crippen LogP contribution in [0.15, 0.2) is 24.3 Å². The van der Waals surface area contributed by atoms with E-state index in [0.717, 1.165) is 6.92 Å². The lowest BCUT2D eigenvalue weighted by Crippen LogP contribution is -2.70. The Hall–Kier alpha value is -2.27. The maximum absolute atomic E-state index is 14.0. The van der Waals surface area contributed by atoms with Crippen LogP contribution in [-0.2, 0) is 5.60 Å². The van der Waals surface area contributed by atoms with E-state index in [2.05, 4.69) is 0 Å². The number of halogens is 16. The minimum absolute atomic E-state index is 0.0446. The highest BCUT2D eigenvalue weighted by Gasteiger charge is 2.91. The highest BCUT2D eigenvalue weighted by Crippen LogP contribution is 2.62. The molecule has 0 amide bonds. The summed E-state index contributed by atoms with van der Waals surface area (Å²) in [7, 11) is 0. The second-order valence-corrected chi connectivity index (χ2v) is 7.17. The van der Waals surface area contributed by atoms with Crippen molar-refractivity contribution in [2.24, 2.45) is 0 Å². The minimum atomic E-state index is -8.31. The zero-order valence-corrected chi connectivity index (χ0v) is 16.4. The molecule has 1 N–H and O–H groups in total. The summed E-state index contributed by atoms with van der Waals surface area (Å²) in [6, 6.07) is 0.945. The summed E-state index contributed by atoms with van der Waals surface area (Å²) in [4.78, 5) is 11.1. The lowest BCUT2D eigenvalue weighted by atomic mass is 9.82. The Labute approximate surface area is 183 Å². The molecule has 0 heterocycles. The molecule has 1 rings (SSSR count). The monoisotopic (exact) mass is 550 g/mol. The van der Waals surface area contributed by atoms with E-state index >= 15 is 0 Å². The molecule has 202 valence electrons. The van der Waals surface area contributed by atoms with Crippen LogP contribution in [0.4, 0.5) is 70.2 Å². The molecule has 0 saturated heterocycles. The first-order valence-electron chi connectivity index (χ1n) is 8.48. The van der Waals surface area contributed by atoms with Crippen molar-refractivity contribution in [3.63, 3.8) is 0 Å². The van der Waals surface area contributed by atoms with Crippen molar-refractivity contribution in [1.82, 2.24) is 0 Å². The number of Topliss-reactive ketones (excluding diaryl/α,β-unsaturated/α-hetero) is 1. The predicted molar refractivity (Wildman–Crippen MR) is 81.8 cm³/mol. The molecule has 0 fully saturated rings. The maximum Gasteiger partial charge on any atom is 0.460 e. The zero-order chi connectivity index (χ0) is 28.3. The topological polar surface area (TPSA) is 37.3 Å². The molecule has 1 aromatic rings. The molecule has 0 spiro atoms. The second kappa shape index (κ2) is 8.40. The van der Waals surface area contributed by atoms with Crippen LogP contribution in [0.5, 0.6) is 0 Å². The van der Waals surface area contributed by atoms with E-state index in [1.54, 1.807) is 0 Å². The molecule has 0 aliphatic carbocycles. The van der Waals surface area contributed by atoms with Gasteiger partial charge in [0.2, 0.25) is 0 Å². The Morgan fingerprint density at radius 2 is 1.00 bits per heavy atom. The van der Waals surface area contributed by atoms with Crippen LogP contribution in [-0.4, -0.2) is 52.9 Å². The Kier molecular flexibility index (Phi) is 7.38. The number of aliphatic hydroxyl groups is 1. The number of hydrogen-bond donors (Lipinski definition) is 1. The summed E-state index contributed by atoms with van der Waals surface area (Å²) in [5, 5.41) is 9.72. The van der Waals surface area contributed by atoms with Crippen molar-refractivity contribution in [3.05, 3.63) is 35.4 Å². The second-order valence-electron chi connectivity index (χ2n) is 7.17. The first kappa shape index (κ1) is 30.8. The van der Waals surface area contributed by atoms with Gasteiger partial charge < -0.3 is 5.11 Å². The van der Waals surface area contributed by atoms with Gasteiger partial charge in [0.15, 0.2) is 11.4 Å². The van der Waals surface area contributed by atoms with Gasteiger partial charge in [0, 0.05) is 5.56 Å². The van der Waals surface area contributed by atoms with Crippen LogP contribution >= 0.6 is 0 Å². The normalized spacial score (nSPS) is 16.7. The molecule has 0 aromatic heterocycles. The van der Waals surface area contributed by atoms with Crippen molar-refractivity contribution in [1.29, 1.82) is 0 Å². The van der Waals surface area contributed by atoms with Gasteiger partial charge in [0.05, 0.1) is 6.42 Å². The average molecular weight is 550 g/mol. The first-order valence-corrected chi connectivity index (χ1v) is 8.48. The summed E-state index contributed by atoms with van der Waals surface area (Å²) in [5.74, 6) is -40.7. The van der Waals surface area contributed by atoms with Crippen LogP contribution in [0.2, 0.25) is 0 Å². The molecule has 0 bridgehead atoms. The van der Waals surface area contributed by atoms with Crippen LogP contribution < -0.4 is 0 Å². The van der Waals surface area contributed by atoms with Crippen LogP contribution in [0.1, 0.15) is 29.3 Å². The Morgan fingerprint density at radius 3 is 1.31 bits per heavy atom. The Balaban J connectivity index is 3.67. The number of benzene rings is 1. The van der Waals surface area contributed by atoms with Crippen LogP contribution in [0.3, 0.4) is 0 Å². The van der Waals surface area contributed by atoms with E-state index in [9.17, 15) is 80.1 Å². The predicted octanol–water partition coefficient (Wildman–Crippen LogP) is 6.77. The highest BCUT2D eigenvalue weighted by molar-refractivity contribution is 5.94. The molecule has 2 nitrogen and oxygen atoms in total. The number of carbonyl (C=O) groups is 1. The van der Waals surface area contributed by atoms with E-state index in [1.807, 2.05) is 0 Å². The molecular formula is C17H10F16O2. The van der Waals surface area contributed by atoms with E-state index in [-0.39, 0.29) is 12.1 Å². The van der Waals surface area contributed by atoms with Gasteiger partial charge in [-0.25, -0.2) is 0 Å². The molecule has 35 heavy (non-hydrogen) atoms. The lowest BCUT2D eigenvalue weighted by Gasteiger charge is -2.42. The highest BCUT2D eigenvalue weighted by atomic mass is 19.4. The van der Waals surface area contributed by atoms with Crippen molar-refractivity contribution in [2.75, 3.05) is 0 Å². The molecule has 0 saturated carbocycles. The number of alkyl halides is 16. The average Bonchev–Trinajstić information content (AvgIpc) is 2.65. The summed E-state index contributed by atoms with van der Waals surface area (Å²) in [6.45, 7) is 0.846. The van der Waals surface area contributed by atoms with Gasteiger partial charge in [-0.3, -0.25) is 4.79 Å². The fourth-order valence-electron chi connectivity index (χ4n) is 2.58. The van der Waals surface area contributed by atoms with Crippen LogP contribution in [0.25, 0.3) is 0 Å². The Bertz CT molecular complexity index is 929. The van der Waals surface area contributed by atoms with E-state index in [1.165, 1.54) is 0 Å². The van der Waals surface area contributed by atoms with Gasteiger partial charge in [0.1, 0.15) is 0 Å². The van der Waals surface area contributed by atoms with E-state index < -0.39 is 70.9 Å². The Morgan fingerprint density at radius 1 is 0.629 bits per heavy atom. The van der Waals surface area contributed by atoms with E-state index in [0.29, 0.717) is 12.1 Å².